The van der Waals surface area contributed by atoms with Crippen LogP contribution in [0.5, 0.6) is 0 Å². The van der Waals surface area contributed by atoms with Crippen molar-refractivity contribution in [2.75, 3.05) is 39.9 Å². The minimum atomic E-state index is -0.305. The summed E-state index contributed by atoms with van der Waals surface area (Å²) in [6.45, 7) is 3.50. The maximum absolute atomic E-state index is 12.9. The summed E-state index contributed by atoms with van der Waals surface area (Å²) in [5, 5.41) is 0. The molecule has 0 aromatic heterocycles. The molecule has 3 rings (SSSR count). The Morgan fingerprint density at radius 1 is 1.23 bits per heavy atom. The molecule has 0 aromatic rings. The molecule has 3 fully saturated rings. The van der Waals surface area contributed by atoms with Gasteiger partial charge in [0.15, 0.2) is 0 Å². The Bertz CT molecular complexity index is 434. The monoisotopic (exact) mass is 308 g/mol. The highest BCUT2D eigenvalue weighted by molar-refractivity contribution is 5.86. The number of rotatable bonds is 4. The topological polar surface area (TPSA) is 49.9 Å². The van der Waals surface area contributed by atoms with Gasteiger partial charge in [-0.25, -0.2) is 0 Å². The van der Waals surface area contributed by atoms with Gasteiger partial charge in [-0.15, -0.1) is 0 Å². The average molecular weight is 308 g/mol. The van der Waals surface area contributed by atoms with E-state index in [1.54, 1.807) is 7.11 Å². The second kappa shape index (κ2) is 6.57. The molecule has 2 saturated heterocycles. The van der Waals surface area contributed by atoms with Crippen molar-refractivity contribution in [2.45, 2.75) is 44.9 Å². The predicted molar refractivity (Wildman–Crippen MR) is 83.3 cm³/mol. The minimum Gasteiger partial charge on any atom is -0.383 e. The molecule has 22 heavy (non-hydrogen) atoms. The Kier molecular flexibility index (Phi) is 4.71. The zero-order chi connectivity index (χ0) is 15.6. The van der Waals surface area contributed by atoms with Gasteiger partial charge in [0.05, 0.1) is 12.0 Å². The first-order valence-electron chi connectivity index (χ1n) is 8.73. The molecule has 0 bridgehead atoms. The van der Waals surface area contributed by atoms with Crippen molar-refractivity contribution in [1.82, 2.24) is 9.80 Å². The van der Waals surface area contributed by atoms with E-state index in [0.29, 0.717) is 25.6 Å². The average Bonchev–Trinajstić information content (AvgIpc) is 3.19. The fourth-order valence-electron chi connectivity index (χ4n) is 4.44. The first-order valence-corrected chi connectivity index (χ1v) is 8.73. The maximum atomic E-state index is 12.9. The third-order valence-corrected chi connectivity index (χ3v) is 5.76. The van der Waals surface area contributed by atoms with E-state index in [-0.39, 0.29) is 17.2 Å². The van der Waals surface area contributed by atoms with Crippen LogP contribution in [0.25, 0.3) is 0 Å². The Hall–Kier alpha value is -1.10. The number of hydrogen-bond acceptors (Lipinski definition) is 3. The SMILES string of the molecule is COCCN1CCCC2(CCN(C(=O)C3CCCC3)C2)C1=O. The normalized spacial score (nSPS) is 29.8. The van der Waals surface area contributed by atoms with Gasteiger partial charge in [0.1, 0.15) is 0 Å². The molecule has 5 heteroatoms. The molecule has 1 saturated carbocycles. The first kappa shape index (κ1) is 15.8. The van der Waals surface area contributed by atoms with Gasteiger partial charge in [-0.05, 0) is 32.1 Å². The highest BCUT2D eigenvalue weighted by Gasteiger charge is 2.49. The first-order chi connectivity index (χ1) is 10.7. The van der Waals surface area contributed by atoms with Crippen molar-refractivity contribution in [1.29, 1.82) is 0 Å². The molecular formula is C17H28N2O3. The van der Waals surface area contributed by atoms with Crippen LogP contribution in [0.4, 0.5) is 0 Å². The van der Waals surface area contributed by atoms with Crippen LogP contribution in [0.15, 0.2) is 0 Å². The summed E-state index contributed by atoms with van der Waals surface area (Å²) in [6.07, 6.45) is 7.25. The third kappa shape index (κ3) is 2.87. The molecule has 0 N–H and O–H groups in total. The van der Waals surface area contributed by atoms with E-state index < -0.39 is 0 Å². The number of hydrogen-bond donors (Lipinski definition) is 0. The van der Waals surface area contributed by atoms with E-state index in [0.717, 1.165) is 45.2 Å². The molecule has 5 nitrogen and oxygen atoms in total. The fourth-order valence-corrected chi connectivity index (χ4v) is 4.44. The fraction of sp³-hybridized carbons (Fsp3) is 0.882. The van der Waals surface area contributed by atoms with Crippen LogP contribution >= 0.6 is 0 Å². The van der Waals surface area contributed by atoms with Crippen LogP contribution in [0, 0.1) is 11.3 Å². The molecule has 1 spiro atoms. The zero-order valence-corrected chi connectivity index (χ0v) is 13.7. The number of methoxy groups -OCH3 is 1. The van der Waals surface area contributed by atoms with Crippen molar-refractivity contribution in [3.63, 3.8) is 0 Å². The summed E-state index contributed by atoms with van der Waals surface area (Å²) in [4.78, 5) is 29.4. The van der Waals surface area contributed by atoms with E-state index in [9.17, 15) is 9.59 Å². The summed E-state index contributed by atoms with van der Waals surface area (Å²) in [6, 6.07) is 0. The second-order valence-electron chi connectivity index (χ2n) is 7.16. The molecule has 1 unspecified atom stereocenters. The second-order valence-corrected chi connectivity index (χ2v) is 7.16. The van der Waals surface area contributed by atoms with Crippen molar-refractivity contribution < 1.29 is 14.3 Å². The van der Waals surface area contributed by atoms with Crippen molar-refractivity contribution in [2.24, 2.45) is 11.3 Å². The molecule has 1 atom stereocenters. The summed E-state index contributed by atoms with van der Waals surface area (Å²) in [7, 11) is 1.67. The van der Waals surface area contributed by atoms with Gasteiger partial charge < -0.3 is 14.5 Å². The van der Waals surface area contributed by atoms with E-state index >= 15 is 0 Å². The quantitative estimate of drug-likeness (QED) is 0.794. The lowest BCUT2D eigenvalue weighted by Crippen LogP contribution is -2.51. The number of piperidine rings is 1. The molecule has 2 aliphatic heterocycles. The number of carbonyl (C=O) groups excluding carboxylic acids is 2. The minimum absolute atomic E-state index is 0.221. The van der Waals surface area contributed by atoms with Crippen LogP contribution < -0.4 is 0 Å². The van der Waals surface area contributed by atoms with E-state index in [1.165, 1.54) is 12.8 Å². The van der Waals surface area contributed by atoms with E-state index in [4.69, 9.17) is 4.74 Å². The highest BCUT2D eigenvalue weighted by atomic mass is 16.5. The summed E-state index contributed by atoms with van der Waals surface area (Å²) >= 11 is 0. The van der Waals surface area contributed by atoms with Gasteiger partial charge >= 0.3 is 0 Å². The van der Waals surface area contributed by atoms with E-state index in [2.05, 4.69) is 0 Å². The summed E-state index contributed by atoms with van der Waals surface area (Å²) in [5.74, 6) is 0.771. The van der Waals surface area contributed by atoms with Crippen LogP contribution in [0.1, 0.15) is 44.9 Å². The summed E-state index contributed by atoms with van der Waals surface area (Å²) < 4.78 is 5.11. The molecule has 1 aliphatic carbocycles. The predicted octanol–water partition coefficient (Wildman–Crippen LogP) is 1.66. The lowest BCUT2D eigenvalue weighted by atomic mass is 9.78. The molecule has 2 amide bonds. The van der Waals surface area contributed by atoms with Crippen LogP contribution in [0.2, 0.25) is 0 Å². The third-order valence-electron chi connectivity index (χ3n) is 5.76. The van der Waals surface area contributed by atoms with Gasteiger partial charge in [0.2, 0.25) is 11.8 Å². The standard InChI is InChI=1S/C17H28N2O3/c1-22-12-11-18-9-4-7-17(16(18)21)8-10-19(13-17)15(20)14-5-2-3-6-14/h14H,2-13H2,1H3. The Morgan fingerprint density at radius 2 is 2.00 bits per heavy atom. The number of likely N-dealkylation sites (tertiary alicyclic amines) is 2. The molecular weight excluding hydrogens is 280 g/mol. The van der Waals surface area contributed by atoms with Crippen molar-refractivity contribution in [3.8, 4) is 0 Å². The molecule has 0 radical (unpaired) electrons. The maximum Gasteiger partial charge on any atom is 0.230 e. The Morgan fingerprint density at radius 3 is 2.73 bits per heavy atom. The lowest BCUT2D eigenvalue weighted by Gasteiger charge is -2.39. The number of carbonyl (C=O) groups is 2. The van der Waals surface area contributed by atoms with Gasteiger partial charge in [-0.3, -0.25) is 9.59 Å². The van der Waals surface area contributed by atoms with Crippen molar-refractivity contribution in [3.05, 3.63) is 0 Å². The van der Waals surface area contributed by atoms with Gasteiger partial charge in [0.25, 0.3) is 0 Å². The lowest BCUT2D eigenvalue weighted by molar-refractivity contribution is -0.147. The Balaban J connectivity index is 1.64. The molecule has 0 aromatic carbocycles. The van der Waals surface area contributed by atoms with E-state index in [1.807, 2.05) is 9.80 Å². The van der Waals surface area contributed by atoms with Crippen molar-refractivity contribution >= 4 is 11.8 Å². The zero-order valence-electron chi connectivity index (χ0n) is 13.7. The molecule has 124 valence electrons. The number of ether oxygens (including phenoxy) is 1. The van der Waals surface area contributed by atoms with Crippen LogP contribution in [-0.4, -0.2) is 61.5 Å². The molecule has 3 aliphatic rings. The summed E-state index contributed by atoms with van der Waals surface area (Å²) in [5.41, 5.74) is -0.305. The number of nitrogens with zero attached hydrogens (tertiary/aromatic N) is 2. The highest BCUT2D eigenvalue weighted by Crippen LogP contribution is 2.41. The number of amides is 2. The van der Waals surface area contributed by atoms with Crippen LogP contribution in [-0.2, 0) is 14.3 Å². The van der Waals surface area contributed by atoms with Gasteiger partial charge in [-0.1, -0.05) is 12.8 Å². The largest absolute Gasteiger partial charge is 0.383 e. The van der Waals surface area contributed by atoms with Crippen LogP contribution in [0.3, 0.4) is 0 Å². The van der Waals surface area contributed by atoms with Gasteiger partial charge in [-0.2, -0.15) is 0 Å². The van der Waals surface area contributed by atoms with Gasteiger partial charge in [0, 0.05) is 39.2 Å². The smallest absolute Gasteiger partial charge is 0.230 e. The molecule has 2 heterocycles. The Labute approximate surface area is 133 Å².